The Kier molecular flexibility index (Phi) is 10.2. The molecule has 1 atom stereocenters. The molecule has 2 amide bonds. The molecule has 200 valence electrons. The summed E-state index contributed by atoms with van der Waals surface area (Å²) in [4.78, 5) is 29.2. The van der Waals surface area contributed by atoms with Crippen molar-refractivity contribution >= 4 is 11.8 Å². The standard InChI is InChI=1S/C32H38N2O4/c1-37-29-19-10-14-26(22-29)24-34(31(35)20-11-21-38-28-17-6-3-7-18-28)30(23-25-12-4-2-5-13-25)32(36)33-27-15-8-9-16-27/h2-7,10,12-14,17-19,22,27,30H,8-9,11,15-16,20-21,23-24H2,1H3,(H,33,36)/t30-/m0/s1. The third-order valence-electron chi connectivity index (χ3n) is 7.01. The monoisotopic (exact) mass is 514 g/mol. The number of rotatable bonds is 13. The maximum absolute atomic E-state index is 13.7. The maximum atomic E-state index is 13.7. The van der Waals surface area contributed by atoms with E-state index in [1.165, 1.54) is 0 Å². The molecule has 4 rings (SSSR count). The number of methoxy groups -OCH3 is 1. The molecule has 6 heteroatoms. The van der Waals surface area contributed by atoms with Crippen LogP contribution in [0.15, 0.2) is 84.9 Å². The van der Waals surface area contributed by atoms with Crippen LogP contribution in [-0.2, 0) is 22.6 Å². The molecule has 3 aromatic rings. The lowest BCUT2D eigenvalue weighted by Gasteiger charge is -2.32. The second-order valence-electron chi connectivity index (χ2n) is 9.83. The van der Waals surface area contributed by atoms with Crippen molar-refractivity contribution in [1.29, 1.82) is 0 Å². The van der Waals surface area contributed by atoms with Gasteiger partial charge in [0.2, 0.25) is 11.8 Å². The van der Waals surface area contributed by atoms with Gasteiger partial charge in [-0.25, -0.2) is 0 Å². The van der Waals surface area contributed by atoms with Gasteiger partial charge < -0.3 is 19.7 Å². The van der Waals surface area contributed by atoms with Crippen LogP contribution in [0.5, 0.6) is 11.5 Å². The largest absolute Gasteiger partial charge is 0.497 e. The minimum atomic E-state index is -0.619. The van der Waals surface area contributed by atoms with Crippen LogP contribution in [0.4, 0.5) is 0 Å². The van der Waals surface area contributed by atoms with Gasteiger partial charge in [-0.1, -0.05) is 73.5 Å². The van der Waals surface area contributed by atoms with Crippen molar-refractivity contribution in [2.45, 2.75) is 63.6 Å². The molecule has 1 fully saturated rings. The predicted octanol–water partition coefficient (Wildman–Crippen LogP) is 5.55. The zero-order valence-electron chi connectivity index (χ0n) is 22.2. The van der Waals surface area contributed by atoms with E-state index in [4.69, 9.17) is 9.47 Å². The van der Waals surface area contributed by atoms with E-state index in [0.717, 1.165) is 48.3 Å². The van der Waals surface area contributed by atoms with Crippen molar-refractivity contribution in [3.8, 4) is 11.5 Å². The molecule has 0 aromatic heterocycles. The summed E-state index contributed by atoms with van der Waals surface area (Å²) in [5.74, 6) is 1.36. The number of carbonyl (C=O) groups excluding carboxylic acids is 2. The number of benzene rings is 3. The Balaban J connectivity index is 1.54. The van der Waals surface area contributed by atoms with Gasteiger partial charge in [0.25, 0.3) is 0 Å². The molecule has 1 aliphatic carbocycles. The first-order valence-electron chi connectivity index (χ1n) is 13.6. The molecular weight excluding hydrogens is 476 g/mol. The number of hydrogen-bond donors (Lipinski definition) is 1. The van der Waals surface area contributed by atoms with E-state index in [1.54, 1.807) is 12.0 Å². The van der Waals surface area contributed by atoms with Crippen molar-refractivity contribution in [3.05, 3.63) is 96.1 Å². The molecule has 6 nitrogen and oxygen atoms in total. The molecule has 0 unspecified atom stereocenters. The highest BCUT2D eigenvalue weighted by atomic mass is 16.5. The van der Waals surface area contributed by atoms with E-state index >= 15 is 0 Å². The minimum Gasteiger partial charge on any atom is -0.497 e. The summed E-state index contributed by atoms with van der Waals surface area (Å²) in [6, 6.07) is 26.8. The molecule has 1 N–H and O–H groups in total. The minimum absolute atomic E-state index is 0.0630. The first-order valence-corrected chi connectivity index (χ1v) is 13.6. The van der Waals surface area contributed by atoms with Gasteiger partial charge in [0.05, 0.1) is 13.7 Å². The second kappa shape index (κ2) is 14.2. The van der Waals surface area contributed by atoms with Crippen LogP contribution >= 0.6 is 0 Å². The summed E-state index contributed by atoms with van der Waals surface area (Å²) in [7, 11) is 1.63. The Bertz CT molecular complexity index is 1150. The summed E-state index contributed by atoms with van der Waals surface area (Å²) in [6.07, 6.45) is 5.54. The number of ether oxygens (including phenoxy) is 2. The zero-order chi connectivity index (χ0) is 26.6. The third kappa shape index (κ3) is 8.10. The highest BCUT2D eigenvalue weighted by Crippen LogP contribution is 2.22. The average Bonchev–Trinajstić information content (AvgIpc) is 3.47. The fraction of sp³-hybridized carbons (Fsp3) is 0.375. The molecule has 1 aliphatic rings. The van der Waals surface area contributed by atoms with Gasteiger partial charge in [-0.3, -0.25) is 9.59 Å². The highest BCUT2D eigenvalue weighted by molar-refractivity contribution is 5.88. The van der Waals surface area contributed by atoms with E-state index in [9.17, 15) is 9.59 Å². The van der Waals surface area contributed by atoms with Crippen LogP contribution in [0.2, 0.25) is 0 Å². The van der Waals surface area contributed by atoms with Crippen LogP contribution in [0.3, 0.4) is 0 Å². The predicted molar refractivity (Wildman–Crippen MR) is 149 cm³/mol. The summed E-state index contributed by atoms with van der Waals surface area (Å²) >= 11 is 0. The summed E-state index contributed by atoms with van der Waals surface area (Å²) in [5.41, 5.74) is 1.94. The van der Waals surface area contributed by atoms with Crippen molar-refractivity contribution in [1.82, 2.24) is 10.2 Å². The summed E-state index contributed by atoms with van der Waals surface area (Å²) in [6.45, 7) is 0.755. The van der Waals surface area contributed by atoms with E-state index in [2.05, 4.69) is 5.32 Å². The van der Waals surface area contributed by atoms with Crippen LogP contribution in [0, 0.1) is 0 Å². The number of para-hydroxylation sites is 1. The fourth-order valence-electron chi connectivity index (χ4n) is 4.96. The lowest BCUT2D eigenvalue weighted by atomic mass is 10.0. The van der Waals surface area contributed by atoms with E-state index < -0.39 is 6.04 Å². The Morgan fingerprint density at radius 3 is 2.26 bits per heavy atom. The molecule has 38 heavy (non-hydrogen) atoms. The number of amides is 2. The second-order valence-corrected chi connectivity index (χ2v) is 9.83. The van der Waals surface area contributed by atoms with Gasteiger partial charge >= 0.3 is 0 Å². The van der Waals surface area contributed by atoms with E-state index in [1.807, 2.05) is 84.9 Å². The smallest absolute Gasteiger partial charge is 0.243 e. The van der Waals surface area contributed by atoms with Gasteiger partial charge in [0.15, 0.2) is 0 Å². The Hall–Kier alpha value is -3.80. The van der Waals surface area contributed by atoms with Gasteiger partial charge in [0, 0.05) is 25.4 Å². The molecule has 1 saturated carbocycles. The van der Waals surface area contributed by atoms with Gasteiger partial charge in [-0.15, -0.1) is 0 Å². The highest BCUT2D eigenvalue weighted by Gasteiger charge is 2.32. The number of hydrogen-bond acceptors (Lipinski definition) is 4. The van der Waals surface area contributed by atoms with Gasteiger partial charge in [0.1, 0.15) is 17.5 Å². The lowest BCUT2D eigenvalue weighted by molar-refractivity contribution is -0.141. The Labute approximate surface area is 226 Å². The molecule has 0 radical (unpaired) electrons. The van der Waals surface area contributed by atoms with Crippen LogP contribution in [-0.4, -0.2) is 42.5 Å². The average molecular weight is 515 g/mol. The van der Waals surface area contributed by atoms with Crippen molar-refractivity contribution in [2.75, 3.05) is 13.7 Å². The number of carbonyl (C=O) groups is 2. The number of nitrogens with zero attached hydrogens (tertiary/aromatic N) is 1. The molecule has 3 aromatic carbocycles. The third-order valence-corrected chi connectivity index (χ3v) is 7.01. The van der Waals surface area contributed by atoms with E-state index in [-0.39, 0.29) is 17.9 Å². The first kappa shape index (κ1) is 27.2. The SMILES string of the molecule is COc1cccc(CN(C(=O)CCCOc2ccccc2)[C@@H](Cc2ccccc2)C(=O)NC2CCCC2)c1. The summed E-state index contributed by atoms with van der Waals surface area (Å²) < 4.78 is 11.2. The Morgan fingerprint density at radius 2 is 1.55 bits per heavy atom. The Morgan fingerprint density at radius 1 is 0.895 bits per heavy atom. The molecular formula is C32H38N2O4. The molecule has 0 saturated heterocycles. The van der Waals surface area contributed by atoms with Gasteiger partial charge in [-0.2, -0.15) is 0 Å². The quantitative estimate of drug-likeness (QED) is 0.304. The zero-order valence-corrected chi connectivity index (χ0v) is 22.2. The van der Waals surface area contributed by atoms with Crippen molar-refractivity contribution < 1.29 is 19.1 Å². The normalized spacial score (nSPS) is 14.0. The van der Waals surface area contributed by atoms with Crippen LogP contribution in [0.25, 0.3) is 0 Å². The van der Waals surface area contributed by atoms with Crippen molar-refractivity contribution in [2.24, 2.45) is 0 Å². The van der Waals surface area contributed by atoms with Crippen LogP contribution < -0.4 is 14.8 Å². The molecule has 0 bridgehead atoms. The summed E-state index contributed by atoms with van der Waals surface area (Å²) in [5, 5.41) is 3.25. The molecule has 0 heterocycles. The molecule has 0 aliphatic heterocycles. The number of nitrogens with one attached hydrogen (secondary N) is 1. The molecule has 0 spiro atoms. The fourth-order valence-corrected chi connectivity index (χ4v) is 4.96. The first-order chi connectivity index (χ1) is 18.6. The maximum Gasteiger partial charge on any atom is 0.243 e. The van der Waals surface area contributed by atoms with Gasteiger partial charge in [-0.05, 0) is 54.7 Å². The topological polar surface area (TPSA) is 67.9 Å². The van der Waals surface area contributed by atoms with Crippen molar-refractivity contribution in [3.63, 3.8) is 0 Å². The van der Waals surface area contributed by atoms with Crippen LogP contribution in [0.1, 0.15) is 49.7 Å². The lowest BCUT2D eigenvalue weighted by Crippen LogP contribution is -2.52. The van der Waals surface area contributed by atoms with E-state index in [0.29, 0.717) is 32.4 Å².